The third kappa shape index (κ3) is 3.94. The molecule has 0 N–H and O–H groups in total. The molecule has 0 radical (unpaired) electrons. The van der Waals surface area contributed by atoms with E-state index in [1.165, 1.54) is 11.1 Å². The molecule has 0 aromatic heterocycles. The van der Waals surface area contributed by atoms with E-state index in [2.05, 4.69) is 30.3 Å². The van der Waals surface area contributed by atoms with Gasteiger partial charge in [0.05, 0.1) is 11.8 Å². The fourth-order valence-electron chi connectivity index (χ4n) is 4.63. The zero-order valence-corrected chi connectivity index (χ0v) is 17.9. The highest BCUT2D eigenvalue weighted by atomic mass is 35.5. The Labute approximate surface area is 187 Å². The van der Waals surface area contributed by atoms with E-state index in [0.29, 0.717) is 10.6 Å². The van der Waals surface area contributed by atoms with Crippen molar-refractivity contribution in [2.24, 2.45) is 11.0 Å². The maximum absolute atomic E-state index is 13.5. The number of halogens is 1. The van der Waals surface area contributed by atoms with Gasteiger partial charge in [0, 0.05) is 16.5 Å². The molecular formula is C27H23ClN2O. The van der Waals surface area contributed by atoms with Crippen molar-refractivity contribution < 1.29 is 4.79 Å². The Bertz CT molecular complexity index is 1140. The minimum absolute atomic E-state index is 0.0912. The summed E-state index contributed by atoms with van der Waals surface area (Å²) in [5, 5.41) is 7.26. The predicted octanol–water partition coefficient (Wildman–Crippen LogP) is 6.78. The number of carbonyl (C=O) groups is 1. The normalized spacial score (nSPS) is 21.6. The largest absolute Gasteiger partial charge is 0.274 e. The quantitative estimate of drug-likeness (QED) is 0.454. The molecule has 154 valence electrons. The van der Waals surface area contributed by atoms with Gasteiger partial charge >= 0.3 is 0 Å². The maximum Gasteiger partial charge on any atom is 0.274 e. The Morgan fingerprint density at radius 3 is 2.32 bits per heavy atom. The second kappa shape index (κ2) is 8.52. The van der Waals surface area contributed by atoms with Gasteiger partial charge in [0.1, 0.15) is 0 Å². The monoisotopic (exact) mass is 426 g/mol. The summed E-state index contributed by atoms with van der Waals surface area (Å²) >= 11 is 6.04. The zero-order valence-electron chi connectivity index (χ0n) is 17.1. The molecule has 0 bridgehead atoms. The van der Waals surface area contributed by atoms with Crippen molar-refractivity contribution in [3.8, 4) is 0 Å². The summed E-state index contributed by atoms with van der Waals surface area (Å²) in [6.45, 7) is 0. The van der Waals surface area contributed by atoms with Crippen LogP contribution in [0.1, 0.15) is 46.8 Å². The van der Waals surface area contributed by atoms with Crippen molar-refractivity contribution in [2.75, 3.05) is 0 Å². The third-order valence-corrected chi connectivity index (χ3v) is 6.33. The van der Waals surface area contributed by atoms with Crippen LogP contribution in [0, 0.1) is 5.92 Å². The molecule has 1 heterocycles. The SMILES string of the molecule is O=C(c1ccc(Cl)cc1)N1N=C2/C(=C/c3ccccc3)CCC[C@@H]2[C@@H]1c1ccccc1. The van der Waals surface area contributed by atoms with Crippen molar-refractivity contribution in [1.82, 2.24) is 5.01 Å². The average Bonchev–Trinajstić information content (AvgIpc) is 3.21. The van der Waals surface area contributed by atoms with E-state index in [4.69, 9.17) is 16.7 Å². The van der Waals surface area contributed by atoms with Gasteiger partial charge in [-0.05, 0) is 66.3 Å². The van der Waals surface area contributed by atoms with Gasteiger partial charge in [0.15, 0.2) is 0 Å². The summed E-state index contributed by atoms with van der Waals surface area (Å²) in [4.78, 5) is 13.5. The van der Waals surface area contributed by atoms with Crippen LogP contribution in [0.15, 0.2) is 95.6 Å². The molecule has 3 aromatic rings. The summed E-state index contributed by atoms with van der Waals surface area (Å²) in [7, 11) is 0. The molecule has 1 aliphatic heterocycles. The summed E-state index contributed by atoms with van der Waals surface area (Å²) in [6.07, 6.45) is 5.32. The van der Waals surface area contributed by atoms with Gasteiger partial charge in [-0.1, -0.05) is 72.3 Å². The first-order chi connectivity index (χ1) is 15.2. The number of hydrazone groups is 1. The van der Waals surface area contributed by atoms with Crippen LogP contribution < -0.4 is 0 Å². The van der Waals surface area contributed by atoms with E-state index in [9.17, 15) is 4.79 Å². The number of benzene rings is 3. The van der Waals surface area contributed by atoms with E-state index < -0.39 is 0 Å². The van der Waals surface area contributed by atoms with Crippen molar-refractivity contribution in [3.63, 3.8) is 0 Å². The molecule has 5 rings (SSSR count). The summed E-state index contributed by atoms with van der Waals surface area (Å²) in [5.74, 6) is 0.105. The molecule has 0 spiro atoms. The Morgan fingerprint density at radius 1 is 0.935 bits per heavy atom. The fourth-order valence-corrected chi connectivity index (χ4v) is 4.75. The van der Waals surface area contributed by atoms with Crippen LogP contribution in [-0.4, -0.2) is 16.6 Å². The van der Waals surface area contributed by atoms with Crippen molar-refractivity contribution >= 4 is 29.3 Å². The lowest BCUT2D eigenvalue weighted by atomic mass is 9.77. The van der Waals surface area contributed by atoms with Gasteiger partial charge in [0.2, 0.25) is 0 Å². The smallest absolute Gasteiger partial charge is 0.267 e. The van der Waals surface area contributed by atoms with Crippen LogP contribution in [0.25, 0.3) is 6.08 Å². The van der Waals surface area contributed by atoms with Gasteiger partial charge in [-0.2, -0.15) is 5.10 Å². The number of allylic oxidation sites excluding steroid dienone is 1. The first-order valence-corrected chi connectivity index (χ1v) is 11.1. The number of nitrogens with zero attached hydrogens (tertiary/aromatic N) is 2. The van der Waals surface area contributed by atoms with Crippen molar-refractivity contribution in [3.05, 3.63) is 112 Å². The van der Waals surface area contributed by atoms with Crippen LogP contribution >= 0.6 is 11.6 Å². The van der Waals surface area contributed by atoms with E-state index >= 15 is 0 Å². The van der Waals surface area contributed by atoms with E-state index in [0.717, 1.165) is 30.5 Å². The highest BCUT2D eigenvalue weighted by Crippen LogP contribution is 2.44. The van der Waals surface area contributed by atoms with Gasteiger partial charge < -0.3 is 0 Å². The number of rotatable bonds is 3. The third-order valence-electron chi connectivity index (χ3n) is 6.08. The molecule has 1 saturated carbocycles. The van der Waals surface area contributed by atoms with Crippen molar-refractivity contribution in [1.29, 1.82) is 0 Å². The molecule has 1 aliphatic carbocycles. The van der Waals surface area contributed by atoms with Gasteiger partial charge in [-0.15, -0.1) is 0 Å². The molecule has 3 nitrogen and oxygen atoms in total. The number of amides is 1. The van der Waals surface area contributed by atoms with Gasteiger partial charge in [0.25, 0.3) is 5.91 Å². The molecule has 2 atom stereocenters. The molecule has 1 amide bonds. The molecule has 31 heavy (non-hydrogen) atoms. The second-order valence-electron chi connectivity index (χ2n) is 8.08. The average molecular weight is 427 g/mol. The Kier molecular flexibility index (Phi) is 5.44. The molecule has 4 heteroatoms. The molecule has 0 unspecified atom stereocenters. The number of carbonyl (C=O) groups excluding carboxylic acids is 1. The summed E-state index contributed by atoms with van der Waals surface area (Å²) in [6, 6.07) is 27.6. The summed E-state index contributed by atoms with van der Waals surface area (Å²) in [5.41, 5.74) is 5.16. The topological polar surface area (TPSA) is 32.7 Å². The molecule has 2 aliphatic rings. The fraction of sp³-hybridized carbons (Fsp3) is 0.185. The van der Waals surface area contributed by atoms with Crippen LogP contribution in [0.4, 0.5) is 0 Å². The highest BCUT2D eigenvalue weighted by molar-refractivity contribution is 6.30. The van der Waals surface area contributed by atoms with E-state index in [-0.39, 0.29) is 17.9 Å². The van der Waals surface area contributed by atoms with E-state index in [1.54, 1.807) is 29.3 Å². The lowest BCUT2D eigenvalue weighted by Gasteiger charge is -2.29. The van der Waals surface area contributed by atoms with Crippen LogP contribution in [0.3, 0.4) is 0 Å². The van der Waals surface area contributed by atoms with Crippen LogP contribution in [-0.2, 0) is 0 Å². The molecular weight excluding hydrogens is 404 g/mol. The Morgan fingerprint density at radius 2 is 1.61 bits per heavy atom. The lowest BCUT2D eigenvalue weighted by molar-refractivity contribution is 0.0681. The molecule has 3 aromatic carbocycles. The lowest BCUT2D eigenvalue weighted by Crippen LogP contribution is -2.31. The number of fused-ring (bicyclic) bond motifs is 1. The number of hydrogen-bond acceptors (Lipinski definition) is 2. The predicted molar refractivity (Wildman–Crippen MR) is 126 cm³/mol. The van der Waals surface area contributed by atoms with Crippen molar-refractivity contribution in [2.45, 2.75) is 25.3 Å². The van der Waals surface area contributed by atoms with Gasteiger partial charge in [-0.25, -0.2) is 5.01 Å². The Balaban J connectivity index is 1.57. The van der Waals surface area contributed by atoms with Crippen LogP contribution in [0.5, 0.6) is 0 Å². The minimum atomic E-state index is -0.0983. The van der Waals surface area contributed by atoms with Gasteiger partial charge in [-0.3, -0.25) is 4.79 Å². The molecule has 0 saturated heterocycles. The minimum Gasteiger partial charge on any atom is -0.267 e. The van der Waals surface area contributed by atoms with E-state index in [1.807, 2.05) is 36.4 Å². The maximum atomic E-state index is 13.5. The summed E-state index contributed by atoms with van der Waals surface area (Å²) < 4.78 is 0. The first kappa shape index (κ1) is 19.8. The molecule has 1 fully saturated rings. The Hall–Kier alpha value is -3.17. The van der Waals surface area contributed by atoms with Crippen LogP contribution in [0.2, 0.25) is 5.02 Å². The number of hydrogen-bond donors (Lipinski definition) is 0. The second-order valence-corrected chi connectivity index (χ2v) is 8.51. The highest BCUT2D eigenvalue weighted by Gasteiger charge is 2.43. The standard InChI is InChI=1S/C27H23ClN2O/c28-23-16-14-21(15-17-23)27(31)30-26(20-10-5-2-6-11-20)24-13-7-12-22(25(24)29-30)18-19-8-3-1-4-9-19/h1-6,8-11,14-18,24,26H,7,12-13H2/b22-18+/t24-,26-/m0/s1. The zero-order chi connectivity index (χ0) is 21.2. The first-order valence-electron chi connectivity index (χ1n) is 10.7.